The first kappa shape index (κ1) is 36.8. The van der Waals surface area contributed by atoms with Crippen molar-refractivity contribution >= 4 is 13.6 Å². The average Bonchev–Trinajstić information content (AvgIpc) is 2.93. The predicted octanol–water partition coefficient (Wildman–Crippen LogP) is 6.96. The van der Waals surface area contributed by atoms with E-state index < -0.39 is 7.82 Å². The van der Waals surface area contributed by atoms with Gasteiger partial charge in [-0.25, -0.2) is 4.57 Å². The Morgan fingerprint density at radius 1 is 0.825 bits per heavy atom. The lowest BCUT2D eigenvalue weighted by Crippen LogP contribution is -3.05. The first-order chi connectivity index (χ1) is 19.3. The smallest absolute Gasteiger partial charge is 0.472 e. The van der Waals surface area contributed by atoms with Gasteiger partial charge < -0.3 is 14.5 Å². The third-order valence-corrected chi connectivity index (χ3v) is 8.16. The van der Waals surface area contributed by atoms with Gasteiger partial charge in [0.25, 0.3) is 0 Å². The summed E-state index contributed by atoms with van der Waals surface area (Å²) in [6.45, 7) is 5.82. The Labute approximate surface area is 245 Å². The van der Waals surface area contributed by atoms with Crippen molar-refractivity contribution in [3.8, 4) is 5.75 Å². The van der Waals surface area contributed by atoms with E-state index in [4.69, 9.17) is 13.8 Å². The van der Waals surface area contributed by atoms with Crippen LogP contribution in [0, 0.1) is 5.92 Å². The van der Waals surface area contributed by atoms with Crippen LogP contribution in [0.25, 0.3) is 0 Å². The van der Waals surface area contributed by atoms with Gasteiger partial charge in [-0.15, -0.1) is 0 Å². The number of quaternary nitrogens is 1. The van der Waals surface area contributed by atoms with Gasteiger partial charge in [0.1, 0.15) is 11.5 Å². The molecule has 0 fully saturated rings. The minimum absolute atomic E-state index is 0.00431. The van der Waals surface area contributed by atoms with Crippen LogP contribution in [0.15, 0.2) is 24.3 Å². The van der Waals surface area contributed by atoms with Crippen molar-refractivity contribution in [2.75, 3.05) is 40.5 Å². The number of phosphoric acid groups is 1. The summed E-state index contributed by atoms with van der Waals surface area (Å²) in [6, 6.07) is 7.92. The lowest BCUT2D eigenvalue weighted by Gasteiger charge is -2.19. The Bertz CT molecular complexity index is 801. The van der Waals surface area contributed by atoms with Gasteiger partial charge in [-0.3, -0.25) is 13.8 Å². The zero-order chi connectivity index (χ0) is 29.5. The standard InChI is InChI=1S/C32H58NO6P/c1-5-7-8-9-10-11-12-13-14-15-16-17-24-37-32-21-19-29(20-22-32)26-30(27-31(34)6-2)28-39-40(35,36)38-25-18-23-33(3)4/h19-22,30H,5-18,23-28H2,1-4H3,(H,35,36)/p+1. The number of ether oxygens (including phenoxy) is 1. The first-order valence-electron chi connectivity index (χ1n) is 15.9. The van der Waals surface area contributed by atoms with Crippen LogP contribution in [0.1, 0.15) is 116 Å². The maximum absolute atomic E-state index is 12.3. The van der Waals surface area contributed by atoms with Gasteiger partial charge in [-0.05, 0) is 36.5 Å². The summed E-state index contributed by atoms with van der Waals surface area (Å²) in [5, 5.41) is 0. The molecule has 7 nitrogen and oxygen atoms in total. The van der Waals surface area contributed by atoms with Gasteiger partial charge in [0.05, 0.1) is 40.5 Å². The molecule has 2 unspecified atom stereocenters. The number of nitrogens with one attached hydrogen (secondary N) is 1. The molecule has 0 saturated carbocycles. The van der Waals surface area contributed by atoms with Crippen LogP contribution in [-0.4, -0.2) is 51.1 Å². The number of hydrogen-bond donors (Lipinski definition) is 2. The number of phosphoric ester groups is 1. The van der Waals surface area contributed by atoms with Crippen LogP contribution in [0.3, 0.4) is 0 Å². The maximum Gasteiger partial charge on any atom is 0.472 e. The van der Waals surface area contributed by atoms with Crippen LogP contribution >= 0.6 is 7.82 Å². The second-order valence-corrected chi connectivity index (χ2v) is 12.9. The zero-order valence-corrected chi connectivity index (χ0v) is 26.9. The van der Waals surface area contributed by atoms with Crippen molar-refractivity contribution in [2.45, 2.75) is 117 Å². The first-order valence-corrected chi connectivity index (χ1v) is 17.4. The van der Waals surface area contributed by atoms with E-state index in [2.05, 4.69) is 6.92 Å². The Kier molecular flexibility index (Phi) is 21.5. The molecule has 0 radical (unpaired) electrons. The number of carbonyl (C=O) groups is 1. The molecule has 0 spiro atoms. The van der Waals surface area contributed by atoms with Gasteiger partial charge >= 0.3 is 7.82 Å². The summed E-state index contributed by atoms with van der Waals surface area (Å²) in [7, 11) is -0.111. The van der Waals surface area contributed by atoms with Crippen LogP contribution in [0.5, 0.6) is 5.75 Å². The number of rotatable bonds is 27. The summed E-state index contributed by atoms with van der Waals surface area (Å²) in [5.74, 6) is 0.756. The molecule has 1 rings (SSSR count). The van der Waals surface area contributed by atoms with Crippen molar-refractivity contribution in [1.82, 2.24) is 0 Å². The van der Waals surface area contributed by atoms with Crippen LogP contribution in [0.2, 0.25) is 0 Å². The van der Waals surface area contributed by atoms with Crippen molar-refractivity contribution in [3.05, 3.63) is 29.8 Å². The third kappa shape index (κ3) is 20.6. The molecule has 1 aromatic rings. The highest BCUT2D eigenvalue weighted by Crippen LogP contribution is 2.44. The van der Waals surface area contributed by atoms with E-state index >= 15 is 0 Å². The number of unbranched alkanes of at least 4 members (excludes halogenated alkanes) is 11. The molecule has 2 atom stereocenters. The van der Waals surface area contributed by atoms with E-state index in [1.54, 1.807) is 0 Å². The largest absolute Gasteiger partial charge is 0.494 e. The van der Waals surface area contributed by atoms with Crippen LogP contribution in [0.4, 0.5) is 0 Å². The van der Waals surface area contributed by atoms with Gasteiger partial charge in [-0.2, -0.15) is 0 Å². The predicted molar refractivity (Wildman–Crippen MR) is 164 cm³/mol. The Hall–Kier alpha value is -1.24. The van der Waals surface area contributed by atoms with E-state index in [1.165, 1.54) is 75.5 Å². The molecule has 0 bridgehead atoms. The molecule has 232 valence electrons. The Balaban J connectivity index is 2.31. The SMILES string of the molecule is CCCCCCCCCCCCCCOc1ccc(CC(COP(=O)(O)OCCC[NH+](C)C)CC(=O)CC)cc1. The normalized spacial score (nSPS) is 13.8. The molecule has 0 aliphatic carbocycles. The second-order valence-electron chi connectivity index (χ2n) is 11.5. The van der Waals surface area contributed by atoms with E-state index in [-0.39, 0.29) is 24.9 Å². The molecular formula is C32H59NO6P+. The van der Waals surface area contributed by atoms with Crippen LogP contribution in [-0.2, 0) is 24.8 Å². The summed E-state index contributed by atoms with van der Waals surface area (Å²) >= 11 is 0. The monoisotopic (exact) mass is 584 g/mol. The van der Waals surface area contributed by atoms with Gasteiger partial charge in [0.15, 0.2) is 0 Å². The molecule has 0 saturated heterocycles. The van der Waals surface area contributed by atoms with E-state index in [0.29, 0.717) is 25.7 Å². The molecule has 40 heavy (non-hydrogen) atoms. The number of Topliss-reactive ketones (excluding diaryl/α,β-unsaturated/α-hetero) is 1. The summed E-state index contributed by atoms with van der Waals surface area (Å²) in [4.78, 5) is 23.4. The van der Waals surface area contributed by atoms with Gasteiger partial charge in [0.2, 0.25) is 0 Å². The fourth-order valence-corrected chi connectivity index (χ4v) is 5.52. The molecular weight excluding hydrogens is 525 g/mol. The van der Waals surface area contributed by atoms with Crippen molar-refractivity contribution in [2.24, 2.45) is 5.92 Å². The zero-order valence-electron chi connectivity index (χ0n) is 26.0. The highest BCUT2D eigenvalue weighted by Gasteiger charge is 2.24. The highest BCUT2D eigenvalue weighted by molar-refractivity contribution is 7.47. The van der Waals surface area contributed by atoms with Crippen molar-refractivity contribution in [3.63, 3.8) is 0 Å². The Morgan fingerprint density at radius 3 is 1.95 bits per heavy atom. The highest BCUT2D eigenvalue weighted by atomic mass is 31.2. The second kappa shape index (κ2) is 23.3. The number of carbonyl (C=O) groups excluding carboxylic acids is 1. The quantitative estimate of drug-likeness (QED) is 0.0859. The van der Waals surface area contributed by atoms with Gasteiger partial charge in [-0.1, -0.05) is 96.6 Å². The number of ketones is 1. The Morgan fingerprint density at radius 2 is 1.40 bits per heavy atom. The van der Waals surface area contributed by atoms with Crippen LogP contribution < -0.4 is 9.64 Å². The number of benzene rings is 1. The molecule has 8 heteroatoms. The molecule has 2 N–H and O–H groups in total. The summed E-state index contributed by atoms with van der Waals surface area (Å²) < 4.78 is 28.6. The summed E-state index contributed by atoms with van der Waals surface area (Å²) in [6.07, 6.45) is 17.9. The molecule has 0 heterocycles. The fourth-order valence-electron chi connectivity index (χ4n) is 4.69. The lowest BCUT2D eigenvalue weighted by molar-refractivity contribution is -0.858. The van der Waals surface area contributed by atoms with Gasteiger partial charge in [0, 0.05) is 19.3 Å². The number of hydrogen-bond acceptors (Lipinski definition) is 5. The topological polar surface area (TPSA) is 86.5 Å². The molecule has 0 amide bonds. The average molecular weight is 585 g/mol. The van der Waals surface area contributed by atoms with E-state index in [1.807, 2.05) is 45.3 Å². The van der Waals surface area contributed by atoms with E-state index in [0.717, 1.165) is 30.9 Å². The minimum Gasteiger partial charge on any atom is -0.494 e. The third-order valence-electron chi connectivity index (χ3n) is 7.17. The lowest BCUT2D eigenvalue weighted by atomic mass is 9.94. The molecule has 0 aliphatic rings. The molecule has 0 aliphatic heterocycles. The van der Waals surface area contributed by atoms with E-state index in [9.17, 15) is 14.3 Å². The summed E-state index contributed by atoms with van der Waals surface area (Å²) in [5.41, 5.74) is 1.04. The van der Waals surface area contributed by atoms with Crippen molar-refractivity contribution < 1.29 is 32.9 Å². The molecule has 0 aromatic heterocycles. The molecule has 1 aromatic carbocycles. The fraction of sp³-hybridized carbons (Fsp3) is 0.781. The minimum atomic E-state index is -4.14. The maximum atomic E-state index is 12.3. The van der Waals surface area contributed by atoms with Crippen molar-refractivity contribution in [1.29, 1.82) is 0 Å².